The molecule has 5 heteroatoms. The standard InChI is InChI=1S/C15H14ClFN2O/c1-18-9-10-5-2-3-8-13(10)19-15(20)14-11(16)6-4-7-12(14)17/h2-8,18H,9H2,1H3,(H,19,20). The molecule has 3 nitrogen and oxygen atoms in total. The van der Waals surface area contributed by atoms with Gasteiger partial charge in [0.1, 0.15) is 5.82 Å². The van der Waals surface area contributed by atoms with Crippen LogP contribution in [-0.2, 0) is 6.54 Å². The van der Waals surface area contributed by atoms with Gasteiger partial charge in [0.2, 0.25) is 0 Å². The molecule has 0 spiro atoms. The van der Waals surface area contributed by atoms with Crippen LogP contribution in [0.25, 0.3) is 0 Å². The van der Waals surface area contributed by atoms with Gasteiger partial charge in [0.05, 0.1) is 10.6 Å². The van der Waals surface area contributed by atoms with Crippen LogP contribution >= 0.6 is 11.6 Å². The Kier molecular flexibility index (Phi) is 4.71. The largest absolute Gasteiger partial charge is 0.322 e. The third-order valence-electron chi connectivity index (χ3n) is 2.82. The van der Waals surface area contributed by atoms with Crippen molar-refractivity contribution in [2.45, 2.75) is 6.54 Å². The molecule has 0 heterocycles. The number of hydrogen-bond donors (Lipinski definition) is 2. The predicted octanol–water partition coefficient (Wildman–Crippen LogP) is 3.45. The quantitative estimate of drug-likeness (QED) is 0.906. The van der Waals surface area contributed by atoms with E-state index in [0.29, 0.717) is 12.2 Å². The minimum absolute atomic E-state index is 0.0913. The lowest BCUT2D eigenvalue weighted by Crippen LogP contribution is -2.17. The first kappa shape index (κ1) is 14.5. The molecule has 2 N–H and O–H groups in total. The summed E-state index contributed by atoms with van der Waals surface area (Å²) in [5, 5.41) is 5.79. The lowest BCUT2D eigenvalue weighted by atomic mass is 10.1. The molecule has 0 saturated carbocycles. The molecule has 0 saturated heterocycles. The first-order valence-electron chi connectivity index (χ1n) is 6.11. The van der Waals surface area contributed by atoms with E-state index >= 15 is 0 Å². The zero-order valence-corrected chi connectivity index (χ0v) is 11.7. The van der Waals surface area contributed by atoms with Gasteiger partial charge in [0.25, 0.3) is 5.91 Å². The molecule has 2 aromatic rings. The Labute approximate surface area is 121 Å². The fourth-order valence-electron chi connectivity index (χ4n) is 1.89. The molecule has 0 radical (unpaired) electrons. The molecule has 0 aliphatic carbocycles. The number of halogens is 2. The van der Waals surface area contributed by atoms with Gasteiger partial charge in [0, 0.05) is 12.2 Å². The average molecular weight is 293 g/mol. The highest BCUT2D eigenvalue weighted by atomic mass is 35.5. The molecule has 2 aromatic carbocycles. The number of carbonyl (C=O) groups is 1. The van der Waals surface area contributed by atoms with Gasteiger partial charge in [-0.1, -0.05) is 35.9 Å². The summed E-state index contributed by atoms with van der Waals surface area (Å²) < 4.78 is 13.7. The van der Waals surface area contributed by atoms with Gasteiger partial charge in [-0.2, -0.15) is 0 Å². The second-order valence-electron chi connectivity index (χ2n) is 4.24. The van der Waals surface area contributed by atoms with Crippen LogP contribution in [0.2, 0.25) is 5.02 Å². The first-order valence-corrected chi connectivity index (χ1v) is 6.49. The molecule has 0 aliphatic heterocycles. The minimum atomic E-state index is -0.638. The van der Waals surface area contributed by atoms with Crippen LogP contribution in [0.3, 0.4) is 0 Å². The summed E-state index contributed by atoms with van der Waals surface area (Å²) in [7, 11) is 1.81. The lowest BCUT2D eigenvalue weighted by molar-refractivity contribution is 0.102. The van der Waals surface area contributed by atoms with Crippen LogP contribution in [0.5, 0.6) is 0 Å². The molecule has 0 unspecified atom stereocenters. The number of rotatable bonds is 4. The molecule has 104 valence electrons. The molecular weight excluding hydrogens is 279 g/mol. The van der Waals surface area contributed by atoms with Crippen molar-refractivity contribution in [3.8, 4) is 0 Å². The SMILES string of the molecule is CNCc1ccccc1NC(=O)c1c(F)cccc1Cl. The van der Waals surface area contributed by atoms with E-state index in [4.69, 9.17) is 11.6 Å². The van der Waals surface area contributed by atoms with Crippen LogP contribution in [-0.4, -0.2) is 13.0 Å². The van der Waals surface area contributed by atoms with E-state index in [1.54, 1.807) is 12.1 Å². The van der Waals surface area contributed by atoms with Gasteiger partial charge >= 0.3 is 0 Å². The number of anilines is 1. The summed E-state index contributed by atoms with van der Waals surface area (Å²) in [5.74, 6) is -1.20. The maximum Gasteiger partial charge on any atom is 0.260 e. The van der Waals surface area contributed by atoms with Crippen molar-refractivity contribution in [3.05, 3.63) is 64.4 Å². The summed E-state index contributed by atoms with van der Waals surface area (Å²) >= 11 is 5.88. The molecule has 0 bridgehead atoms. The van der Waals surface area contributed by atoms with Gasteiger partial charge in [0.15, 0.2) is 0 Å². The number of hydrogen-bond acceptors (Lipinski definition) is 2. The van der Waals surface area contributed by atoms with Gasteiger partial charge < -0.3 is 10.6 Å². The third kappa shape index (κ3) is 3.15. The Morgan fingerprint density at radius 3 is 2.65 bits per heavy atom. The zero-order chi connectivity index (χ0) is 14.5. The van der Waals surface area contributed by atoms with Gasteiger partial charge in [-0.15, -0.1) is 0 Å². The van der Waals surface area contributed by atoms with E-state index in [1.807, 2.05) is 19.2 Å². The normalized spacial score (nSPS) is 10.3. The van der Waals surface area contributed by atoms with Crippen LogP contribution < -0.4 is 10.6 Å². The number of para-hydroxylation sites is 1. The van der Waals surface area contributed by atoms with Crippen molar-refractivity contribution in [2.24, 2.45) is 0 Å². The van der Waals surface area contributed by atoms with E-state index < -0.39 is 11.7 Å². The maximum absolute atomic E-state index is 13.7. The maximum atomic E-state index is 13.7. The second-order valence-corrected chi connectivity index (χ2v) is 4.65. The molecule has 2 rings (SSSR count). The highest BCUT2D eigenvalue weighted by Gasteiger charge is 2.16. The molecule has 0 aromatic heterocycles. The fraction of sp³-hybridized carbons (Fsp3) is 0.133. The van der Waals surface area contributed by atoms with Gasteiger partial charge in [-0.3, -0.25) is 4.79 Å². The number of benzene rings is 2. The molecule has 0 aliphatic rings. The summed E-state index contributed by atoms with van der Waals surface area (Å²) in [6, 6.07) is 11.5. The summed E-state index contributed by atoms with van der Waals surface area (Å²) in [4.78, 5) is 12.2. The van der Waals surface area contributed by atoms with Crippen LogP contribution in [0, 0.1) is 5.82 Å². The lowest BCUT2D eigenvalue weighted by Gasteiger charge is -2.11. The Morgan fingerprint density at radius 2 is 1.95 bits per heavy atom. The van der Waals surface area contributed by atoms with Crippen molar-refractivity contribution in [1.82, 2.24) is 5.32 Å². The highest BCUT2D eigenvalue weighted by molar-refractivity contribution is 6.34. The minimum Gasteiger partial charge on any atom is -0.322 e. The van der Waals surface area contributed by atoms with Crippen molar-refractivity contribution in [2.75, 3.05) is 12.4 Å². The Hall–Kier alpha value is -1.91. The summed E-state index contributed by atoms with van der Waals surface area (Å²) in [6.07, 6.45) is 0. The predicted molar refractivity (Wildman–Crippen MR) is 78.6 cm³/mol. The Balaban J connectivity index is 2.28. The van der Waals surface area contributed by atoms with E-state index in [9.17, 15) is 9.18 Å². The van der Waals surface area contributed by atoms with Crippen molar-refractivity contribution in [3.63, 3.8) is 0 Å². The first-order chi connectivity index (χ1) is 9.63. The third-order valence-corrected chi connectivity index (χ3v) is 3.14. The van der Waals surface area contributed by atoms with Gasteiger partial charge in [-0.05, 0) is 30.8 Å². The van der Waals surface area contributed by atoms with Crippen molar-refractivity contribution in [1.29, 1.82) is 0 Å². The smallest absolute Gasteiger partial charge is 0.260 e. The van der Waals surface area contributed by atoms with Crippen LogP contribution in [0.15, 0.2) is 42.5 Å². The molecular formula is C15H14ClFN2O. The number of carbonyl (C=O) groups excluding carboxylic acids is 1. The highest BCUT2D eigenvalue weighted by Crippen LogP contribution is 2.22. The topological polar surface area (TPSA) is 41.1 Å². The average Bonchev–Trinajstić information content (AvgIpc) is 2.41. The fourth-order valence-corrected chi connectivity index (χ4v) is 2.14. The molecule has 0 fully saturated rings. The summed E-state index contributed by atoms with van der Waals surface area (Å²) in [6.45, 7) is 0.599. The Bertz CT molecular complexity index is 611. The van der Waals surface area contributed by atoms with Crippen molar-refractivity contribution >= 4 is 23.2 Å². The molecule has 1 amide bonds. The Morgan fingerprint density at radius 1 is 1.20 bits per heavy atom. The molecule has 20 heavy (non-hydrogen) atoms. The van der Waals surface area contributed by atoms with E-state index in [0.717, 1.165) is 5.56 Å². The van der Waals surface area contributed by atoms with Crippen LogP contribution in [0.1, 0.15) is 15.9 Å². The second kappa shape index (κ2) is 6.50. The van der Waals surface area contributed by atoms with E-state index in [2.05, 4.69) is 10.6 Å². The van der Waals surface area contributed by atoms with Crippen molar-refractivity contribution < 1.29 is 9.18 Å². The van der Waals surface area contributed by atoms with E-state index in [1.165, 1.54) is 18.2 Å². The summed E-state index contributed by atoms with van der Waals surface area (Å²) in [5.41, 5.74) is 1.40. The van der Waals surface area contributed by atoms with Crippen LogP contribution in [0.4, 0.5) is 10.1 Å². The molecule has 0 atom stereocenters. The van der Waals surface area contributed by atoms with E-state index in [-0.39, 0.29) is 10.6 Å². The number of nitrogens with one attached hydrogen (secondary N) is 2. The monoisotopic (exact) mass is 292 g/mol. The van der Waals surface area contributed by atoms with Gasteiger partial charge in [-0.25, -0.2) is 4.39 Å². The zero-order valence-electron chi connectivity index (χ0n) is 10.9. The number of amides is 1.